The molecule has 1 rings (SSSR count). The van der Waals surface area contributed by atoms with Gasteiger partial charge in [0.15, 0.2) is 0 Å². The van der Waals surface area contributed by atoms with Crippen molar-refractivity contribution >= 4 is 18.4 Å². The maximum Gasteiger partial charge on any atom is 0.313 e. The zero-order valence-electron chi connectivity index (χ0n) is 12.7. The molecule has 0 aliphatic rings. The summed E-state index contributed by atoms with van der Waals surface area (Å²) in [5, 5.41) is 0. The number of rotatable bonds is 8. The lowest BCUT2D eigenvalue weighted by molar-refractivity contribution is -0.146. The SMILES string of the molecule is CC[C@H](C(=O)OCCN(CC)CC)c1ccccc1.Cl. The fourth-order valence-electron chi connectivity index (χ4n) is 2.14. The van der Waals surface area contributed by atoms with E-state index in [0.29, 0.717) is 6.61 Å². The zero-order valence-corrected chi connectivity index (χ0v) is 13.5. The van der Waals surface area contributed by atoms with E-state index >= 15 is 0 Å². The Morgan fingerprint density at radius 2 is 1.75 bits per heavy atom. The Hall–Kier alpha value is -1.06. The summed E-state index contributed by atoms with van der Waals surface area (Å²) in [6.45, 7) is 9.51. The quantitative estimate of drug-likeness (QED) is 0.688. The third-order valence-electron chi connectivity index (χ3n) is 3.44. The fraction of sp³-hybridized carbons (Fsp3) is 0.562. The van der Waals surface area contributed by atoms with Crippen LogP contribution in [0.3, 0.4) is 0 Å². The van der Waals surface area contributed by atoms with Crippen LogP contribution in [0, 0.1) is 0 Å². The predicted molar refractivity (Wildman–Crippen MR) is 85.5 cm³/mol. The van der Waals surface area contributed by atoms with Gasteiger partial charge in [-0.1, -0.05) is 51.1 Å². The number of halogens is 1. The summed E-state index contributed by atoms with van der Waals surface area (Å²) in [6, 6.07) is 9.85. The van der Waals surface area contributed by atoms with E-state index in [1.807, 2.05) is 37.3 Å². The third-order valence-corrected chi connectivity index (χ3v) is 3.44. The molecule has 1 aromatic rings. The van der Waals surface area contributed by atoms with Gasteiger partial charge < -0.3 is 9.64 Å². The van der Waals surface area contributed by atoms with Gasteiger partial charge in [0.1, 0.15) is 6.61 Å². The lowest BCUT2D eigenvalue weighted by atomic mass is 9.97. The van der Waals surface area contributed by atoms with E-state index < -0.39 is 0 Å². The lowest BCUT2D eigenvalue weighted by Crippen LogP contribution is -2.28. The first-order valence-corrected chi connectivity index (χ1v) is 7.16. The minimum Gasteiger partial charge on any atom is -0.464 e. The fourth-order valence-corrected chi connectivity index (χ4v) is 2.14. The average molecular weight is 300 g/mol. The van der Waals surface area contributed by atoms with Gasteiger partial charge in [0, 0.05) is 6.54 Å². The summed E-state index contributed by atoms with van der Waals surface area (Å²) in [6.07, 6.45) is 0.772. The van der Waals surface area contributed by atoms with E-state index in [2.05, 4.69) is 18.7 Å². The molecule has 0 fully saturated rings. The van der Waals surface area contributed by atoms with E-state index in [4.69, 9.17) is 4.74 Å². The Morgan fingerprint density at radius 1 is 1.15 bits per heavy atom. The summed E-state index contributed by atoms with van der Waals surface area (Å²) in [7, 11) is 0. The summed E-state index contributed by atoms with van der Waals surface area (Å²) in [5.41, 5.74) is 1.04. The number of hydrogen-bond donors (Lipinski definition) is 0. The number of esters is 1. The highest BCUT2D eigenvalue weighted by atomic mass is 35.5. The van der Waals surface area contributed by atoms with E-state index in [-0.39, 0.29) is 24.3 Å². The molecule has 114 valence electrons. The first-order chi connectivity index (χ1) is 9.22. The van der Waals surface area contributed by atoms with E-state index in [9.17, 15) is 4.79 Å². The Labute approximate surface area is 128 Å². The number of benzene rings is 1. The van der Waals surface area contributed by atoms with E-state index in [0.717, 1.165) is 31.6 Å². The molecular formula is C16H26ClNO2. The molecule has 1 atom stereocenters. The van der Waals surface area contributed by atoms with Gasteiger partial charge in [0.25, 0.3) is 0 Å². The van der Waals surface area contributed by atoms with Crippen LogP contribution < -0.4 is 0 Å². The molecule has 0 radical (unpaired) electrons. The highest BCUT2D eigenvalue weighted by Gasteiger charge is 2.19. The number of nitrogens with zero attached hydrogens (tertiary/aromatic N) is 1. The Balaban J connectivity index is 0.00000361. The summed E-state index contributed by atoms with van der Waals surface area (Å²) in [4.78, 5) is 14.3. The van der Waals surface area contributed by atoms with Crippen molar-refractivity contribution in [1.82, 2.24) is 4.90 Å². The van der Waals surface area contributed by atoms with Crippen molar-refractivity contribution in [2.24, 2.45) is 0 Å². The molecular weight excluding hydrogens is 274 g/mol. The maximum atomic E-state index is 12.1. The maximum absolute atomic E-state index is 12.1. The highest BCUT2D eigenvalue weighted by molar-refractivity contribution is 5.85. The number of carbonyl (C=O) groups excluding carboxylic acids is 1. The van der Waals surface area contributed by atoms with Gasteiger partial charge in [-0.05, 0) is 25.1 Å². The molecule has 0 spiro atoms. The molecule has 0 saturated carbocycles. The van der Waals surface area contributed by atoms with E-state index in [1.54, 1.807) is 0 Å². The first-order valence-electron chi connectivity index (χ1n) is 7.16. The highest BCUT2D eigenvalue weighted by Crippen LogP contribution is 2.20. The van der Waals surface area contributed by atoms with Gasteiger partial charge in [0.05, 0.1) is 5.92 Å². The molecule has 0 unspecified atom stereocenters. The average Bonchev–Trinajstić information content (AvgIpc) is 2.45. The van der Waals surface area contributed by atoms with Crippen molar-refractivity contribution in [3.05, 3.63) is 35.9 Å². The van der Waals surface area contributed by atoms with Crippen LogP contribution in [0.15, 0.2) is 30.3 Å². The van der Waals surface area contributed by atoms with Crippen molar-refractivity contribution in [2.45, 2.75) is 33.1 Å². The Kier molecular flexibility index (Phi) is 10.1. The summed E-state index contributed by atoms with van der Waals surface area (Å²) < 4.78 is 5.40. The van der Waals surface area contributed by atoms with Crippen molar-refractivity contribution in [1.29, 1.82) is 0 Å². The minimum atomic E-state index is -0.141. The Bertz CT molecular complexity index is 366. The van der Waals surface area contributed by atoms with Gasteiger partial charge in [-0.25, -0.2) is 0 Å². The van der Waals surface area contributed by atoms with Crippen LogP contribution in [0.5, 0.6) is 0 Å². The van der Waals surface area contributed by atoms with Crippen molar-refractivity contribution in [3.63, 3.8) is 0 Å². The van der Waals surface area contributed by atoms with E-state index in [1.165, 1.54) is 0 Å². The van der Waals surface area contributed by atoms with Gasteiger partial charge >= 0.3 is 5.97 Å². The van der Waals surface area contributed by atoms with Crippen molar-refractivity contribution in [2.75, 3.05) is 26.2 Å². The molecule has 0 bridgehead atoms. The normalized spacial score (nSPS) is 11.8. The van der Waals surface area contributed by atoms with Gasteiger partial charge in [-0.3, -0.25) is 4.79 Å². The van der Waals surface area contributed by atoms with Crippen LogP contribution >= 0.6 is 12.4 Å². The second-order valence-electron chi connectivity index (χ2n) is 4.57. The monoisotopic (exact) mass is 299 g/mol. The van der Waals surface area contributed by atoms with Crippen LogP contribution in [-0.4, -0.2) is 37.1 Å². The lowest BCUT2D eigenvalue weighted by Gasteiger charge is -2.19. The topological polar surface area (TPSA) is 29.5 Å². The zero-order chi connectivity index (χ0) is 14.1. The molecule has 0 heterocycles. The largest absolute Gasteiger partial charge is 0.464 e. The summed E-state index contributed by atoms with van der Waals surface area (Å²) in [5.74, 6) is -0.251. The number of carbonyl (C=O) groups is 1. The van der Waals surface area contributed by atoms with Crippen LogP contribution in [0.4, 0.5) is 0 Å². The number of likely N-dealkylation sites (N-methyl/N-ethyl adjacent to an activating group) is 1. The van der Waals surface area contributed by atoms with Crippen LogP contribution in [0.25, 0.3) is 0 Å². The Morgan fingerprint density at radius 3 is 2.25 bits per heavy atom. The van der Waals surface area contributed by atoms with Crippen molar-refractivity contribution in [3.8, 4) is 0 Å². The second-order valence-corrected chi connectivity index (χ2v) is 4.57. The molecule has 0 saturated heterocycles. The third kappa shape index (κ3) is 5.93. The predicted octanol–water partition coefficient (Wildman–Crippen LogP) is 3.49. The molecule has 20 heavy (non-hydrogen) atoms. The molecule has 0 amide bonds. The van der Waals surface area contributed by atoms with Crippen molar-refractivity contribution < 1.29 is 9.53 Å². The van der Waals surface area contributed by atoms with Crippen LogP contribution in [-0.2, 0) is 9.53 Å². The van der Waals surface area contributed by atoms with Crippen LogP contribution in [0.1, 0.15) is 38.7 Å². The van der Waals surface area contributed by atoms with Gasteiger partial charge in [-0.15, -0.1) is 12.4 Å². The molecule has 1 aromatic carbocycles. The molecule has 3 nitrogen and oxygen atoms in total. The summed E-state index contributed by atoms with van der Waals surface area (Å²) >= 11 is 0. The van der Waals surface area contributed by atoms with Gasteiger partial charge in [-0.2, -0.15) is 0 Å². The minimum absolute atomic E-state index is 0. The van der Waals surface area contributed by atoms with Crippen LogP contribution in [0.2, 0.25) is 0 Å². The molecule has 0 aliphatic carbocycles. The molecule has 0 N–H and O–H groups in total. The number of hydrogen-bond acceptors (Lipinski definition) is 3. The number of ether oxygens (including phenoxy) is 1. The second kappa shape index (κ2) is 10.7. The van der Waals surface area contributed by atoms with Gasteiger partial charge in [0.2, 0.25) is 0 Å². The smallest absolute Gasteiger partial charge is 0.313 e. The standard InChI is InChI=1S/C16H25NO2.ClH/c1-4-15(14-10-8-7-9-11-14)16(18)19-13-12-17(5-2)6-3;/h7-11,15H,4-6,12-13H2,1-3H3;1H/t15-;/m0./s1. The molecule has 4 heteroatoms. The molecule has 0 aromatic heterocycles. The molecule has 0 aliphatic heterocycles. The first kappa shape index (κ1) is 18.9.